The molecule has 1 aromatic rings. The van der Waals surface area contributed by atoms with E-state index in [1.807, 2.05) is 0 Å². The number of benzene rings is 1. The molecule has 1 rings (SSSR count). The molecular weight excluding hydrogens is 270 g/mol. The summed E-state index contributed by atoms with van der Waals surface area (Å²) < 4.78 is 22.7. The Bertz CT molecular complexity index is 557. The van der Waals surface area contributed by atoms with Crippen molar-refractivity contribution in [3.8, 4) is 0 Å². The predicted molar refractivity (Wildman–Crippen MR) is 75.5 cm³/mol. The second-order valence-corrected chi connectivity index (χ2v) is 6.34. The number of sulfone groups is 1. The molecule has 0 spiro atoms. The molecule has 8 heteroatoms. The zero-order chi connectivity index (χ0) is 14.5. The van der Waals surface area contributed by atoms with Crippen molar-refractivity contribution in [3.63, 3.8) is 0 Å². The van der Waals surface area contributed by atoms with Crippen LogP contribution >= 0.6 is 0 Å². The van der Waals surface area contributed by atoms with Crippen LogP contribution in [0.1, 0.15) is 6.92 Å². The van der Waals surface area contributed by atoms with Crippen LogP contribution in [-0.4, -0.2) is 38.4 Å². The summed E-state index contributed by atoms with van der Waals surface area (Å²) in [6, 6.07) is 4.80. The number of hydrogen-bond donors (Lipinski definition) is 2. The minimum absolute atomic E-state index is 0.0512. The first-order valence-corrected chi connectivity index (χ1v) is 7.63. The number of nitrogens with zero attached hydrogens (tertiary/aromatic N) is 1. The van der Waals surface area contributed by atoms with Gasteiger partial charge in [0.1, 0.15) is 11.4 Å². The topological polar surface area (TPSA) is 101 Å². The molecule has 0 fully saturated rings. The fourth-order valence-electron chi connectivity index (χ4n) is 1.57. The molecule has 0 saturated carbocycles. The van der Waals surface area contributed by atoms with Gasteiger partial charge >= 0.3 is 5.69 Å². The second-order valence-electron chi connectivity index (χ2n) is 3.87. The van der Waals surface area contributed by atoms with E-state index in [0.717, 1.165) is 0 Å². The normalized spacial score (nSPS) is 11.1. The van der Waals surface area contributed by atoms with Gasteiger partial charge in [-0.2, -0.15) is 0 Å². The highest BCUT2D eigenvalue weighted by molar-refractivity contribution is 7.91. The maximum Gasteiger partial charge on any atom is 0.315 e. The van der Waals surface area contributed by atoms with E-state index in [1.54, 1.807) is 32.2 Å². The minimum atomic E-state index is -3.09. The monoisotopic (exact) mass is 287 g/mol. The summed E-state index contributed by atoms with van der Waals surface area (Å²) in [7, 11) is -1.50. The van der Waals surface area contributed by atoms with E-state index < -0.39 is 14.8 Å². The number of nitro benzene ring substituents is 1. The molecule has 2 N–H and O–H groups in total. The lowest BCUT2D eigenvalue weighted by atomic mass is 10.2. The van der Waals surface area contributed by atoms with Crippen molar-refractivity contribution in [1.29, 1.82) is 0 Å². The Morgan fingerprint density at radius 3 is 2.47 bits per heavy atom. The Balaban J connectivity index is 2.87. The van der Waals surface area contributed by atoms with Gasteiger partial charge in [-0.1, -0.05) is 13.0 Å². The number of hydrogen-bond acceptors (Lipinski definition) is 6. The van der Waals surface area contributed by atoms with Crippen molar-refractivity contribution < 1.29 is 13.3 Å². The molecule has 106 valence electrons. The van der Waals surface area contributed by atoms with Crippen LogP contribution in [0.4, 0.5) is 17.1 Å². The van der Waals surface area contributed by atoms with Gasteiger partial charge in [0.15, 0.2) is 9.84 Å². The summed E-state index contributed by atoms with van der Waals surface area (Å²) in [5, 5.41) is 16.6. The van der Waals surface area contributed by atoms with Gasteiger partial charge in [0.2, 0.25) is 0 Å². The highest BCUT2D eigenvalue weighted by atomic mass is 32.2. The average molecular weight is 287 g/mol. The van der Waals surface area contributed by atoms with Crippen molar-refractivity contribution in [2.75, 3.05) is 35.7 Å². The molecule has 7 nitrogen and oxygen atoms in total. The minimum Gasteiger partial charge on any atom is -0.382 e. The molecule has 0 aliphatic carbocycles. The molecule has 1 aromatic carbocycles. The number of para-hydroxylation sites is 1. The van der Waals surface area contributed by atoms with Gasteiger partial charge in [-0.05, 0) is 12.1 Å². The van der Waals surface area contributed by atoms with Gasteiger partial charge in [0, 0.05) is 19.3 Å². The third kappa shape index (κ3) is 4.09. The highest BCUT2D eigenvalue weighted by Crippen LogP contribution is 2.32. The van der Waals surface area contributed by atoms with Crippen LogP contribution in [0.5, 0.6) is 0 Å². The molecular formula is C11H17N3O4S. The maximum absolute atomic E-state index is 11.3. The number of nitro groups is 1. The smallest absolute Gasteiger partial charge is 0.315 e. The Morgan fingerprint density at radius 2 is 1.95 bits per heavy atom. The van der Waals surface area contributed by atoms with Crippen LogP contribution < -0.4 is 10.6 Å². The first kappa shape index (κ1) is 15.2. The Kier molecular flexibility index (Phi) is 5.11. The first-order chi connectivity index (χ1) is 8.91. The maximum atomic E-state index is 11.3. The molecule has 0 amide bonds. The Morgan fingerprint density at radius 1 is 1.32 bits per heavy atom. The van der Waals surface area contributed by atoms with Gasteiger partial charge in [-0.15, -0.1) is 0 Å². The zero-order valence-electron chi connectivity index (χ0n) is 10.8. The Hall–Kier alpha value is -1.83. The molecule has 0 bridgehead atoms. The molecule has 0 unspecified atom stereocenters. The zero-order valence-corrected chi connectivity index (χ0v) is 11.7. The molecule has 0 atom stereocenters. The van der Waals surface area contributed by atoms with E-state index in [0.29, 0.717) is 11.4 Å². The number of anilines is 2. The summed E-state index contributed by atoms with van der Waals surface area (Å²) >= 11 is 0. The van der Waals surface area contributed by atoms with E-state index in [9.17, 15) is 18.5 Å². The van der Waals surface area contributed by atoms with E-state index in [2.05, 4.69) is 10.6 Å². The van der Waals surface area contributed by atoms with Crippen molar-refractivity contribution in [2.24, 2.45) is 0 Å². The van der Waals surface area contributed by atoms with Gasteiger partial charge in [0.25, 0.3) is 0 Å². The molecule has 0 heterocycles. The third-order valence-electron chi connectivity index (χ3n) is 2.66. The van der Waals surface area contributed by atoms with Crippen LogP contribution in [0, 0.1) is 10.1 Å². The van der Waals surface area contributed by atoms with Gasteiger partial charge in [0.05, 0.1) is 10.7 Å². The van der Waals surface area contributed by atoms with Crippen LogP contribution in [0.15, 0.2) is 18.2 Å². The fraction of sp³-hybridized carbons (Fsp3) is 0.455. The van der Waals surface area contributed by atoms with E-state index in [4.69, 9.17) is 0 Å². The average Bonchev–Trinajstić information content (AvgIpc) is 2.37. The van der Waals surface area contributed by atoms with Crippen LogP contribution in [0.2, 0.25) is 0 Å². The molecule has 19 heavy (non-hydrogen) atoms. The van der Waals surface area contributed by atoms with Crippen molar-refractivity contribution >= 4 is 26.9 Å². The quantitative estimate of drug-likeness (QED) is 0.582. The molecule has 0 aliphatic rings. The lowest BCUT2D eigenvalue weighted by Crippen LogP contribution is -2.17. The summed E-state index contributed by atoms with van der Waals surface area (Å²) in [6.07, 6.45) is 0. The van der Waals surface area contributed by atoms with Crippen LogP contribution in [0.25, 0.3) is 0 Å². The molecule has 0 aromatic heterocycles. The summed E-state index contributed by atoms with van der Waals surface area (Å²) in [5.74, 6) is 0.0117. The number of rotatable bonds is 7. The lowest BCUT2D eigenvalue weighted by Gasteiger charge is -2.09. The third-order valence-corrected chi connectivity index (χ3v) is 4.36. The van der Waals surface area contributed by atoms with Crippen molar-refractivity contribution in [3.05, 3.63) is 28.3 Å². The van der Waals surface area contributed by atoms with E-state index >= 15 is 0 Å². The lowest BCUT2D eigenvalue weighted by molar-refractivity contribution is -0.383. The van der Waals surface area contributed by atoms with Crippen LogP contribution in [0.3, 0.4) is 0 Å². The SMILES string of the molecule is CCS(=O)(=O)CCNc1cccc(NC)c1[N+](=O)[O-]. The van der Waals surface area contributed by atoms with Gasteiger partial charge < -0.3 is 10.6 Å². The predicted octanol–water partition coefficient (Wildman–Crippen LogP) is 1.48. The largest absolute Gasteiger partial charge is 0.382 e. The summed E-state index contributed by atoms with van der Waals surface area (Å²) in [4.78, 5) is 10.5. The van der Waals surface area contributed by atoms with Crippen molar-refractivity contribution in [1.82, 2.24) is 0 Å². The van der Waals surface area contributed by atoms with Crippen molar-refractivity contribution in [2.45, 2.75) is 6.92 Å². The summed E-state index contributed by atoms with van der Waals surface area (Å²) in [5.41, 5.74) is 0.607. The second kappa shape index (κ2) is 6.37. The van der Waals surface area contributed by atoms with E-state index in [-0.39, 0.29) is 23.7 Å². The van der Waals surface area contributed by atoms with Gasteiger partial charge in [-0.3, -0.25) is 10.1 Å². The molecule has 0 saturated heterocycles. The highest BCUT2D eigenvalue weighted by Gasteiger charge is 2.18. The Labute approximate surface area is 112 Å². The van der Waals surface area contributed by atoms with E-state index in [1.165, 1.54) is 0 Å². The van der Waals surface area contributed by atoms with Crippen LogP contribution in [-0.2, 0) is 9.84 Å². The number of nitrogens with one attached hydrogen (secondary N) is 2. The fourth-order valence-corrected chi connectivity index (χ4v) is 2.27. The molecule has 0 radical (unpaired) electrons. The molecule has 0 aliphatic heterocycles. The summed E-state index contributed by atoms with van der Waals surface area (Å²) in [6.45, 7) is 1.71. The van der Waals surface area contributed by atoms with Gasteiger partial charge in [-0.25, -0.2) is 8.42 Å². The standard InChI is InChI=1S/C11H17N3O4S/c1-3-19(17,18)8-7-13-10-6-4-5-9(12-2)11(10)14(15)16/h4-6,12-13H,3,7-8H2,1-2H3. The first-order valence-electron chi connectivity index (χ1n) is 5.80.